The number of halogens is 2. The molecule has 1 atom stereocenters. The maximum atomic E-state index is 11.7. The van der Waals surface area contributed by atoms with Crippen LogP contribution in [0, 0.1) is 0 Å². The molecular formula is C13H26Cl2N6O2. The van der Waals surface area contributed by atoms with Crippen LogP contribution in [0.4, 0.5) is 5.69 Å². The molecule has 8 nitrogen and oxygen atoms in total. The fourth-order valence-electron chi connectivity index (χ4n) is 1.64. The van der Waals surface area contributed by atoms with E-state index < -0.39 is 0 Å². The van der Waals surface area contributed by atoms with Crippen molar-refractivity contribution in [2.75, 3.05) is 32.5 Å². The summed E-state index contributed by atoms with van der Waals surface area (Å²) in [6, 6.07) is -0.192. The summed E-state index contributed by atoms with van der Waals surface area (Å²) in [7, 11) is 3.88. The predicted octanol–water partition coefficient (Wildman–Crippen LogP) is 0.0803. The molecule has 1 aromatic rings. The van der Waals surface area contributed by atoms with Crippen molar-refractivity contribution in [2.24, 2.45) is 5.73 Å². The van der Waals surface area contributed by atoms with Gasteiger partial charge in [0.25, 0.3) is 0 Å². The van der Waals surface area contributed by atoms with Gasteiger partial charge in [0.05, 0.1) is 11.9 Å². The van der Waals surface area contributed by atoms with Gasteiger partial charge >= 0.3 is 0 Å². The van der Waals surface area contributed by atoms with Gasteiger partial charge in [-0.2, -0.15) is 5.10 Å². The van der Waals surface area contributed by atoms with Gasteiger partial charge in [-0.15, -0.1) is 24.8 Å². The molecule has 0 saturated heterocycles. The van der Waals surface area contributed by atoms with Crippen molar-refractivity contribution in [3.05, 3.63) is 12.4 Å². The van der Waals surface area contributed by atoms with E-state index in [1.54, 1.807) is 13.1 Å². The van der Waals surface area contributed by atoms with Gasteiger partial charge in [0.2, 0.25) is 11.8 Å². The number of carbonyl (C=O) groups is 2. The smallest absolute Gasteiger partial charge is 0.241 e. The highest BCUT2D eigenvalue weighted by Crippen LogP contribution is 2.05. The van der Waals surface area contributed by atoms with Gasteiger partial charge in [-0.05, 0) is 21.0 Å². The van der Waals surface area contributed by atoms with Gasteiger partial charge in [-0.1, -0.05) is 0 Å². The van der Waals surface area contributed by atoms with Crippen molar-refractivity contribution in [2.45, 2.75) is 25.9 Å². The van der Waals surface area contributed by atoms with Gasteiger partial charge < -0.3 is 21.3 Å². The third-order valence-electron chi connectivity index (χ3n) is 2.61. The molecule has 0 aliphatic heterocycles. The SMILES string of the molecule is CC(N)CC(=O)Nc1cnn(CC(=O)NCCN(C)C)c1.Cl.Cl. The Morgan fingerprint density at radius 2 is 2.00 bits per heavy atom. The molecule has 134 valence electrons. The Morgan fingerprint density at radius 3 is 2.57 bits per heavy atom. The number of nitrogens with zero attached hydrogens (tertiary/aromatic N) is 3. The van der Waals surface area contributed by atoms with Crippen LogP contribution in [0.3, 0.4) is 0 Å². The van der Waals surface area contributed by atoms with E-state index in [4.69, 9.17) is 5.73 Å². The lowest BCUT2D eigenvalue weighted by molar-refractivity contribution is -0.121. The molecule has 1 unspecified atom stereocenters. The Hall–Kier alpha value is -1.35. The molecule has 2 amide bonds. The van der Waals surface area contributed by atoms with E-state index >= 15 is 0 Å². The molecule has 0 aromatic carbocycles. The highest BCUT2D eigenvalue weighted by molar-refractivity contribution is 5.90. The topological polar surface area (TPSA) is 105 Å². The number of amides is 2. The standard InChI is InChI=1S/C13H24N6O2.2ClH/c1-10(14)6-12(20)17-11-7-16-19(8-11)9-13(21)15-4-5-18(2)3;;/h7-8,10H,4-6,9,14H2,1-3H3,(H,15,21)(H,17,20);2*1H. The molecule has 10 heteroatoms. The van der Waals surface area contributed by atoms with Crippen LogP contribution in [0.5, 0.6) is 0 Å². The summed E-state index contributed by atoms with van der Waals surface area (Å²) < 4.78 is 1.48. The first-order chi connectivity index (χ1) is 9.86. The number of likely N-dealkylation sites (N-methyl/N-ethyl adjacent to an activating group) is 1. The number of nitrogens with one attached hydrogen (secondary N) is 2. The third-order valence-corrected chi connectivity index (χ3v) is 2.61. The summed E-state index contributed by atoms with van der Waals surface area (Å²) in [5, 5.41) is 9.51. The number of carbonyl (C=O) groups excluding carboxylic acids is 2. The molecular weight excluding hydrogens is 343 g/mol. The first kappa shape index (κ1) is 23.9. The van der Waals surface area contributed by atoms with Gasteiger partial charge in [-0.25, -0.2) is 0 Å². The van der Waals surface area contributed by atoms with Crippen LogP contribution >= 0.6 is 24.8 Å². The molecule has 1 aromatic heterocycles. The minimum Gasteiger partial charge on any atom is -0.353 e. The van der Waals surface area contributed by atoms with E-state index in [-0.39, 0.29) is 55.6 Å². The quantitative estimate of drug-likeness (QED) is 0.602. The summed E-state index contributed by atoms with van der Waals surface area (Å²) in [5.74, 6) is -0.284. The second-order valence-electron chi connectivity index (χ2n) is 5.31. The van der Waals surface area contributed by atoms with Gasteiger partial charge in [0, 0.05) is 31.7 Å². The predicted molar refractivity (Wildman–Crippen MR) is 95.2 cm³/mol. The largest absolute Gasteiger partial charge is 0.353 e. The zero-order chi connectivity index (χ0) is 15.8. The Bertz CT molecular complexity index is 479. The Morgan fingerprint density at radius 1 is 1.35 bits per heavy atom. The van der Waals surface area contributed by atoms with Crippen molar-refractivity contribution in [3.63, 3.8) is 0 Å². The summed E-state index contributed by atoms with van der Waals surface area (Å²) in [6.07, 6.45) is 3.37. The van der Waals surface area contributed by atoms with E-state index in [0.717, 1.165) is 6.54 Å². The molecule has 0 aliphatic carbocycles. The second kappa shape index (κ2) is 12.1. The van der Waals surface area contributed by atoms with Crippen molar-refractivity contribution >= 4 is 42.3 Å². The highest BCUT2D eigenvalue weighted by atomic mass is 35.5. The maximum Gasteiger partial charge on any atom is 0.241 e. The first-order valence-electron chi connectivity index (χ1n) is 6.86. The van der Waals surface area contributed by atoms with E-state index in [1.807, 2.05) is 19.0 Å². The summed E-state index contributed by atoms with van der Waals surface area (Å²) in [6.45, 7) is 3.26. The molecule has 4 N–H and O–H groups in total. The monoisotopic (exact) mass is 368 g/mol. The van der Waals surface area contributed by atoms with Crippen LogP contribution in [0.1, 0.15) is 13.3 Å². The number of nitrogens with two attached hydrogens (primary N) is 1. The second-order valence-corrected chi connectivity index (χ2v) is 5.31. The number of hydrogen-bond acceptors (Lipinski definition) is 5. The average molecular weight is 369 g/mol. The number of hydrogen-bond donors (Lipinski definition) is 3. The zero-order valence-corrected chi connectivity index (χ0v) is 15.2. The van der Waals surface area contributed by atoms with Crippen LogP contribution in [-0.2, 0) is 16.1 Å². The van der Waals surface area contributed by atoms with E-state index in [2.05, 4.69) is 15.7 Å². The third kappa shape index (κ3) is 10.9. The fraction of sp³-hybridized carbons (Fsp3) is 0.615. The minimum absolute atomic E-state index is 0. The van der Waals surface area contributed by atoms with E-state index in [1.165, 1.54) is 10.9 Å². The van der Waals surface area contributed by atoms with Crippen molar-refractivity contribution in [3.8, 4) is 0 Å². The maximum absolute atomic E-state index is 11.7. The van der Waals surface area contributed by atoms with Crippen molar-refractivity contribution in [1.29, 1.82) is 0 Å². The lowest BCUT2D eigenvalue weighted by Crippen LogP contribution is -2.33. The van der Waals surface area contributed by atoms with Gasteiger partial charge in [0.15, 0.2) is 0 Å². The molecule has 0 fully saturated rings. The zero-order valence-electron chi connectivity index (χ0n) is 13.6. The van der Waals surface area contributed by atoms with Crippen molar-refractivity contribution < 1.29 is 9.59 Å². The van der Waals surface area contributed by atoms with Crippen LogP contribution in [0.2, 0.25) is 0 Å². The molecule has 1 heterocycles. The Balaban J connectivity index is 0. The average Bonchev–Trinajstić information content (AvgIpc) is 2.74. The normalized spacial score (nSPS) is 11.2. The molecule has 1 rings (SSSR count). The lowest BCUT2D eigenvalue weighted by atomic mass is 10.2. The van der Waals surface area contributed by atoms with Crippen LogP contribution in [-0.4, -0.2) is 59.7 Å². The van der Waals surface area contributed by atoms with E-state index in [9.17, 15) is 9.59 Å². The number of anilines is 1. The van der Waals surface area contributed by atoms with Gasteiger partial charge in [-0.3, -0.25) is 14.3 Å². The first-order valence-corrected chi connectivity index (χ1v) is 6.86. The summed E-state index contributed by atoms with van der Waals surface area (Å²) in [4.78, 5) is 25.2. The molecule has 0 spiro atoms. The summed E-state index contributed by atoms with van der Waals surface area (Å²) >= 11 is 0. The highest BCUT2D eigenvalue weighted by Gasteiger charge is 2.08. The molecule has 0 saturated carbocycles. The molecule has 0 bridgehead atoms. The lowest BCUT2D eigenvalue weighted by Gasteiger charge is -2.10. The molecule has 0 radical (unpaired) electrons. The molecule has 0 aliphatic rings. The van der Waals surface area contributed by atoms with E-state index in [0.29, 0.717) is 12.2 Å². The van der Waals surface area contributed by atoms with Gasteiger partial charge in [0.1, 0.15) is 6.54 Å². The summed E-state index contributed by atoms with van der Waals surface area (Å²) in [5.41, 5.74) is 6.10. The molecule has 23 heavy (non-hydrogen) atoms. The van der Waals surface area contributed by atoms with Crippen LogP contribution in [0.15, 0.2) is 12.4 Å². The fourth-order valence-corrected chi connectivity index (χ4v) is 1.64. The minimum atomic E-state index is -0.192. The Labute approximate surface area is 149 Å². The van der Waals surface area contributed by atoms with Crippen LogP contribution in [0.25, 0.3) is 0 Å². The number of aromatic nitrogens is 2. The number of rotatable bonds is 8. The van der Waals surface area contributed by atoms with Crippen LogP contribution < -0.4 is 16.4 Å². The van der Waals surface area contributed by atoms with Crippen molar-refractivity contribution in [1.82, 2.24) is 20.0 Å². The Kier molecular flexibility index (Phi) is 12.6.